The third-order valence-electron chi connectivity index (χ3n) is 1.60. The van der Waals surface area contributed by atoms with Gasteiger partial charge in [-0.05, 0) is 6.42 Å². The third-order valence-corrected chi connectivity index (χ3v) is 1.60. The van der Waals surface area contributed by atoms with Crippen LogP contribution in [0.1, 0.15) is 6.42 Å². The molecule has 3 N–H and O–H groups in total. The van der Waals surface area contributed by atoms with Crippen LogP contribution in [0.25, 0.3) is 0 Å². The smallest absolute Gasteiger partial charge is 0.188 e. The van der Waals surface area contributed by atoms with Crippen LogP contribution in [0.3, 0.4) is 0 Å². The molecule has 5 nitrogen and oxygen atoms in total. The van der Waals surface area contributed by atoms with Gasteiger partial charge < -0.3 is 20.5 Å². The van der Waals surface area contributed by atoms with Gasteiger partial charge >= 0.3 is 0 Å². The first-order valence-corrected chi connectivity index (χ1v) is 5.02. The van der Waals surface area contributed by atoms with Crippen LogP contribution in [-0.2, 0) is 9.47 Å². The molecular weight excluding hydrogens is 321 g/mol. The Labute approximate surface area is 114 Å². The first-order chi connectivity index (χ1) is 7.31. The fraction of sp³-hybridized carbons (Fsp3) is 0.700. The topological polar surface area (TPSA) is 68.9 Å². The summed E-state index contributed by atoms with van der Waals surface area (Å²) in [5.74, 6) is 0.430. The number of methoxy groups -OCH3 is 1. The van der Waals surface area contributed by atoms with E-state index < -0.39 is 0 Å². The van der Waals surface area contributed by atoms with E-state index in [1.165, 1.54) is 0 Å². The van der Waals surface area contributed by atoms with E-state index in [1.807, 2.05) is 6.08 Å². The normalized spacial score (nSPS) is 10.7. The van der Waals surface area contributed by atoms with Crippen LogP contribution >= 0.6 is 24.0 Å². The third kappa shape index (κ3) is 13.7. The van der Waals surface area contributed by atoms with Gasteiger partial charge in [-0.3, -0.25) is 4.99 Å². The Morgan fingerprint density at radius 1 is 1.44 bits per heavy atom. The summed E-state index contributed by atoms with van der Waals surface area (Å²) >= 11 is 0. The largest absolute Gasteiger partial charge is 0.383 e. The van der Waals surface area contributed by atoms with Crippen molar-refractivity contribution in [2.24, 2.45) is 10.7 Å². The molecule has 0 amide bonds. The molecule has 0 saturated carbocycles. The number of halogens is 1. The highest BCUT2D eigenvalue weighted by Gasteiger charge is 1.90. The number of rotatable bonds is 9. The van der Waals surface area contributed by atoms with Crippen molar-refractivity contribution in [3.05, 3.63) is 12.7 Å². The van der Waals surface area contributed by atoms with Gasteiger partial charge in [0.2, 0.25) is 0 Å². The lowest BCUT2D eigenvalue weighted by Gasteiger charge is -2.04. The Bertz CT molecular complexity index is 189. The molecule has 0 spiro atoms. The lowest BCUT2D eigenvalue weighted by atomic mass is 10.5. The van der Waals surface area contributed by atoms with E-state index in [9.17, 15) is 0 Å². The van der Waals surface area contributed by atoms with Crippen LogP contribution in [0.2, 0.25) is 0 Å². The number of hydrogen-bond donors (Lipinski definition) is 2. The Kier molecular flexibility index (Phi) is 16.5. The first-order valence-electron chi connectivity index (χ1n) is 5.02. The van der Waals surface area contributed by atoms with Crippen LogP contribution < -0.4 is 11.1 Å². The summed E-state index contributed by atoms with van der Waals surface area (Å²) in [7, 11) is 1.64. The molecule has 0 aliphatic rings. The minimum Gasteiger partial charge on any atom is -0.383 e. The molecule has 16 heavy (non-hydrogen) atoms. The fourth-order valence-electron chi connectivity index (χ4n) is 0.836. The molecule has 0 saturated heterocycles. The average molecular weight is 343 g/mol. The SMILES string of the molecule is C=CCCOCCN=C(N)NCCOC.I. The summed E-state index contributed by atoms with van der Waals surface area (Å²) in [5.41, 5.74) is 5.57. The predicted molar refractivity (Wildman–Crippen MR) is 77.4 cm³/mol. The van der Waals surface area contributed by atoms with Crippen LogP contribution in [0.5, 0.6) is 0 Å². The van der Waals surface area contributed by atoms with Crippen molar-refractivity contribution in [2.45, 2.75) is 6.42 Å². The maximum atomic E-state index is 5.57. The standard InChI is InChI=1S/C10H21N3O2.HI/c1-3-4-7-15-9-6-13-10(11)12-5-8-14-2;/h3H,1,4-9H2,2H3,(H3,11,12,13);1H. The highest BCUT2D eigenvalue weighted by atomic mass is 127. The van der Waals surface area contributed by atoms with Gasteiger partial charge in [-0.2, -0.15) is 0 Å². The fourth-order valence-corrected chi connectivity index (χ4v) is 0.836. The minimum absolute atomic E-state index is 0. The zero-order chi connectivity index (χ0) is 11.4. The van der Waals surface area contributed by atoms with Gasteiger partial charge in [-0.15, -0.1) is 30.6 Å². The van der Waals surface area contributed by atoms with E-state index in [0.29, 0.717) is 38.9 Å². The lowest BCUT2D eigenvalue weighted by Crippen LogP contribution is -2.34. The number of aliphatic imine (C=N–C) groups is 1. The molecule has 6 heteroatoms. The number of nitrogens with two attached hydrogens (primary N) is 1. The Morgan fingerprint density at radius 3 is 2.81 bits per heavy atom. The van der Waals surface area contributed by atoms with Crippen molar-refractivity contribution in [3.63, 3.8) is 0 Å². The number of hydrogen-bond acceptors (Lipinski definition) is 3. The van der Waals surface area contributed by atoms with E-state index in [0.717, 1.165) is 6.42 Å². The van der Waals surface area contributed by atoms with Gasteiger partial charge in [-0.25, -0.2) is 0 Å². The van der Waals surface area contributed by atoms with E-state index in [2.05, 4.69) is 16.9 Å². The Hall–Kier alpha value is -0.340. The minimum atomic E-state index is 0. The Morgan fingerprint density at radius 2 is 2.19 bits per heavy atom. The molecule has 0 bridgehead atoms. The van der Waals surface area contributed by atoms with Gasteiger partial charge in [0.1, 0.15) is 0 Å². The van der Waals surface area contributed by atoms with Crippen molar-refractivity contribution < 1.29 is 9.47 Å². The highest BCUT2D eigenvalue weighted by Crippen LogP contribution is 1.83. The molecule has 0 unspecified atom stereocenters. The molecular formula is C10H22IN3O2. The first kappa shape index (κ1) is 18.0. The van der Waals surface area contributed by atoms with Gasteiger partial charge in [-0.1, -0.05) is 6.08 Å². The Balaban J connectivity index is 0. The average Bonchev–Trinajstić information content (AvgIpc) is 2.23. The quantitative estimate of drug-likeness (QED) is 0.213. The van der Waals surface area contributed by atoms with Crippen molar-refractivity contribution in [1.82, 2.24) is 5.32 Å². The van der Waals surface area contributed by atoms with Gasteiger partial charge in [0.25, 0.3) is 0 Å². The monoisotopic (exact) mass is 343 g/mol. The molecule has 0 aliphatic carbocycles. The van der Waals surface area contributed by atoms with Gasteiger partial charge in [0.15, 0.2) is 5.96 Å². The second-order valence-corrected chi connectivity index (χ2v) is 2.88. The molecule has 96 valence electrons. The number of nitrogens with one attached hydrogen (secondary N) is 1. The summed E-state index contributed by atoms with van der Waals surface area (Å²) in [6.07, 6.45) is 2.69. The zero-order valence-corrected chi connectivity index (χ0v) is 12.1. The lowest BCUT2D eigenvalue weighted by molar-refractivity contribution is 0.146. The summed E-state index contributed by atoms with van der Waals surface area (Å²) in [6.45, 7) is 6.73. The molecule has 0 atom stereocenters. The molecule has 0 rings (SSSR count). The number of ether oxygens (including phenoxy) is 2. The molecule has 0 aliphatic heterocycles. The molecule has 0 aromatic rings. The summed E-state index contributed by atoms with van der Waals surface area (Å²) < 4.78 is 10.1. The molecule has 0 aromatic heterocycles. The van der Waals surface area contributed by atoms with Crippen molar-refractivity contribution >= 4 is 29.9 Å². The predicted octanol–water partition coefficient (Wildman–Crippen LogP) is 0.748. The van der Waals surface area contributed by atoms with Crippen molar-refractivity contribution in [1.29, 1.82) is 0 Å². The summed E-state index contributed by atoms with van der Waals surface area (Å²) in [6, 6.07) is 0. The number of nitrogens with zero attached hydrogens (tertiary/aromatic N) is 1. The molecule has 0 heterocycles. The zero-order valence-electron chi connectivity index (χ0n) is 9.78. The highest BCUT2D eigenvalue weighted by molar-refractivity contribution is 14.0. The van der Waals surface area contributed by atoms with E-state index in [1.54, 1.807) is 7.11 Å². The van der Waals surface area contributed by atoms with Crippen LogP contribution in [0.15, 0.2) is 17.6 Å². The van der Waals surface area contributed by atoms with Gasteiger partial charge in [0, 0.05) is 13.7 Å². The maximum Gasteiger partial charge on any atom is 0.188 e. The molecule has 0 fully saturated rings. The number of guanidine groups is 1. The maximum absolute atomic E-state index is 5.57. The van der Waals surface area contributed by atoms with E-state index in [-0.39, 0.29) is 24.0 Å². The van der Waals surface area contributed by atoms with Crippen molar-refractivity contribution in [2.75, 3.05) is 40.0 Å². The van der Waals surface area contributed by atoms with E-state index >= 15 is 0 Å². The summed E-state index contributed by atoms with van der Waals surface area (Å²) in [4.78, 5) is 4.07. The summed E-state index contributed by atoms with van der Waals surface area (Å²) in [5, 5.41) is 2.92. The molecule has 0 radical (unpaired) electrons. The van der Waals surface area contributed by atoms with Gasteiger partial charge in [0.05, 0.1) is 26.4 Å². The van der Waals surface area contributed by atoms with Crippen LogP contribution in [-0.4, -0.2) is 46.0 Å². The van der Waals surface area contributed by atoms with E-state index in [4.69, 9.17) is 15.2 Å². The second kappa shape index (κ2) is 14.7. The van der Waals surface area contributed by atoms with Crippen LogP contribution in [0, 0.1) is 0 Å². The van der Waals surface area contributed by atoms with Crippen molar-refractivity contribution in [3.8, 4) is 0 Å². The second-order valence-electron chi connectivity index (χ2n) is 2.88. The van der Waals surface area contributed by atoms with Crippen LogP contribution in [0.4, 0.5) is 0 Å². The molecule has 0 aromatic carbocycles.